The molecule has 5 rings (SSSR count). The molecule has 1 fully saturated rings. The second-order valence-corrected chi connectivity index (χ2v) is 9.23. The molecule has 1 atom stereocenters. The van der Waals surface area contributed by atoms with Crippen molar-refractivity contribution in [1.82, 2.24) is 34.8 Å². The van der Waals surface area contributed by atoms with Crippen molar-refractivity contribution in [2.24, 2.45) is 0 Å². The summed E-state index contributed by atoms with van der Waals surface area (Å²) in [6.45, 7) is 3.65. The van der Waals surface area contributed by atoms with Crippen LogP contribution in [0.15, 0.2) is 28.9 Å². The van der Waals surface area contributed by atoms with Crippen LogP contribution in [0.2, 0.25) is 5.02 Å². The number of nitrogens with two attached hydrogens (primary N) is 1. The topological polar surface area (TPSA) is 149 Å². The molecule has 190 valence electrons. The summed E-state index contributed by atoms with van der Waals surface area (Å²) in [7, 11) is 0. The van der Waals surface area contributed by atoms with Gasteiger partial charge in [-0.25, -0.2) is 14.1 Å². The van der Waals surface area contributed by atoms with E-state index in [2.05, 4.69) is 37.0 Å². The van der Waals surface area contributed by atoms with Crippen LogP contribution in [-0.2, 0) is 5.60 Å². The first-order chi connectivity index (χ1) is 17.6. The lowest BCUT2D eigenvalue weighted by molar-refractivity contribution is 0.0662. The van der Waals surface area contributed by atoms with E-state index in [4.69, 9.17) is 21.9 Å². The zero-order valence-corrected chi connectivity index (χ0v) is 20.7. The van der Waals surface area contributed by atoms with Crippen LogP contribution in [0.25, 0.3) is 16.7 Å². The van der Waals surface area contributed by atoms with Crippen molar-refractivity contribution in [2.45, 2.75) is 38.5 Å². The van der Waals surface area contributed by atoms with Crippen molar-refractivity contribution in [3.8, 4) is 17.7 Å². The molecule has 0 radical (unpaired) electrons. The van der Waals surface area contributed by atoms with E-state index < -0.39 is 11.8 Å². The van der Waals surface area contributed by atoms with E-state index in [1.54, 1.807) is 30.0 Å². The quantitative estimate of drug-likeness (QED) is 0.385. The van der Waals surface area contributed by atoms with Crippen LogP contribution < -0.4 is 5.73 Å². The van der Waals surface area contributed by atoms with E-state index in [0.717, 1.165) is 0 Å². The van der Waals surface area contributed by atoms with E-state index in [1.807, 2.05) is 0 Å². The van der Waals surface area contributed by atoms with Gasteiger partial charge in [-0.05, 0) is 38.0 Å². The van der Waals surface area contributed by atoms with Crippen LogP contribution in [0.3, 0.4) is 0 Å². The molecule has 1 amide bonds. The highest BCUT2D eigenvalue weighted by atomic mass is 35.5. The molecule has 0 aliphatic carbocycles. The van der Waals surface area contributed by atoms with Gasteiger partial charge in [0.05, 0.1) is 11.7 Å². The fourth-order valence-corrected chi connectivity index (χ4v) is 4.15. The van der Waals surface area contributed by atoms with E-state index in [0.29, 0.717) is 35.4 Å². The maximum atomic E-state index is 13.7. The molecule has 1 aromatic carbocycles. The number of hydrogen-bond acceptors (Lipinski definition) is 9. The summed E-state index contributed by atoms with van der Waals surface area (Å²) < 4.78 is 20.0. The minimum absolute atomic E-state index is 0.0247. The molecule has 11 nitrogen and oxygen atoms in total. The molecule has 1 saturated heterocycles. The SMILES string of the molecule is Cc1nc(C(C)(O)C#Cc2ccc3c(C(=O)N4CCC(F)CC4)nn(-c4nc(N)ncc4Cl)c3c2)no1. The number of carbonyl (C=O) groups is 1. The number of carbonyl (C=O) groups excluding carboxylic acids is 1. The molecule has 13 heteroatoms. The predicted molar refractivity (Wildman–Crippen MR) is 132 cm³/mol. The maximum Gasteiger partial charge on any atom is 0.275 e. The second-order valence-electron chi connectivity index (χ2n) is 8.82. The highest BCUT2D eigenvalue weighted by Gasteiger charge is 2.29. The zero-order chi connectivity index (χ0) is 26.3. The Kier molecular flexibility index (Phi) is 6.26. The standard InChI is InChI=1S/C24H22ClFN8O3/c1-13-29-22(32-37-13)24(2,36)8-5-14-3-4-16-18(11-14)34(20-17(25)12-28-23(27)30-20)31-19(16)21(35)33-9-6-15(26)7-10-33/h3-4,11-12,15,36H,6-7,9-10H2,1-2H3,(H2,27,28,30). The summed E-state index contributed by atoms with van der Waals surface area (Å²) in [6, 6.07) is 5.08. The number of aromatic nitrogens is 6. The van der Waals surface area contributed by atoms with E-state index in [9.17, 15) is 14.3 Å². The zero-order valence-electron chi connectivity index (χ0n) is 19.9. The number of alkyl halides is 1. The predicted octanol–water partition coefficient (Wildman–Crippen LogP) is 2.58. The number of aryl methyl sites for hydroxylation is 1. The molecule has 3 aromatic heterocycles. The van der Waals surface area contributed by atoms with Crippen LogP contribution in [-0.4, -0.2) is 65.1 Å². The van der Waals surface area contributed by atoms with E-state index in [1.165, 1.54) is 17.8 Å². The molecule has 4 heterocycles. The van der Waals surface area contributed by atoms with Crippen LogP contribution in [0, 0.1) is 18.8 Å². The van der Waals surface area contributed by atoms with Crippen molar-refractivity contribution in [3.05, 3.63) is 52.4 Å². The van der Waals surface area contributed by atoms with Crippen molar-refractivity contribution >= 4 is 34.4 Å². The Labute approximate surface area is 215 Å². The maximum absolute atomic E-state index is 13.7. The van der Waals surface area contributed by atoms with Crippen LogP contribution in [0.5, 0.6) is 0 Å². The smallest absolute Gasteiger partial charge is 0.275 e. The van der Waals surface area contributed by atoms with Crippen molar-refractivity contribution in [3.63, 3.8) is 0 Å². The first-order valence-electron chi connectivity index (χ1n) is 11.4. The molecular formula is C24H22ClFN8O3. The molecular weight excluding hydrogens is 503 g/mol. The number of fused-ring (bicyclic) bond motifs is 1. The fraction of sp³-hybridized carbons (Fsp3) is 0.333. The monoisotopic (exact) mass is 524 g/mol. The third kappa shape index (κ3) is 4.83. The average molecular weight is 525 g/mol. The lowest BCUT2D eigenvalue weighted by Gasteiger charge is -2.28. The minimum atomic E-state index is -1.67. The molecule has 0 saturated carbocycles. The van der Waals surface area contributed by atoms with E-state index in [-0.39, 0.29) is 47.1 Å². The molecule has 37 heavy (non-hydrogen) atoms. The number of piperidine rings is 1. The summed E-state index contributed by atoms with van der Waals surface area (Å²) >= 11 is 6.35. The van der Waals surface area contributed by atoms with Crippen molar-refractivity contribution in [1.29, 1.82) is 0 Å². The van der Waals surface area contributed by atoms with Gasteiger partial charge in [0.15, 0.2) is 17.1 Å². The largest absolute Gasteiger partial charge is 0.371 e. The lowest BCUT2D eigenvalue weighted by Crippen LogP contribution is -2.39. The summed E-state index contributed by atoms with van der Waals surface area (Å²) in [5.74, 6) is 5.82. The highest BCUT2D eigenvalue weighted by Crippen LogP contribution is 2.28. The Morgan fingerprint density at radius 2 is 2.08 bits per heavy atom. The van der Waals surface area contributed by atoms with Gasteiger partial charge in [0.25, 0.3) is 5.91 Å². The fourth-order valence-electron chi connectivity index (χ4n) is 3.98. The van der Waals surface area contributed by atoms with E-state index >= 15 is 0 Å². The first-order valence-corrected chi connectivity index (χ1v) is 11.8. The number of hydrogen-bond donors (Lipinski definition) is 2. The highest BCUT2D eigenvalue weighted by molar-refractivity contribution is 6.32. The molecule has 1 aliphatic rings. The normalized spacial score (nSPS) is 15.9. The third-order valence-electron chi connectivity index (χ3n) is 5.95. The molecule has 1 aliphatic heterocycles. The number of halogens is 2. The molecule has 3 N–H and O–H groups in total. The van der Waals surface area contributed by atoms with Gasteiger partial charge in [0.2, 0.25) is 17.7 Å². The molecule has 0 bridgehead atoms. The lowest BCUT2D eigenvalue weighted by atomic mass is 10.1. The van der Waals surface area contributed by atoms with Crippen LogP contribution >= 0.6 is 11.6 Å². The summed E-state index contributed by atoms with van der Waals surface area (Å²) in [6.07, 6.45) is 0.973. The first kappa shape index (κ1) is 24.6. The van der Waals surface area contributed by atoms with Crippen LogP contribution in [0.1, 0.15) is 47.5 Å². The van der Waals surface area contributed by atoms with Crippen LogP contribution in [0.4, 0.5) is 10.3 Å². The summed E-state index contributed by atoms with van der Waals surface area (Å²) in [5.41, 5.74) is 5.26. The number of nitrogen functional groups attached to an aromatic ring is 1. The Balaban J connectivity index is 1.61. The van der Waals surface area contributed by atoms with Gasteiger partial charge in [0.1, 0.15) is 11.2 Å². The number of rotatable bonds is 3. The summed E-state index contributed by atoms with van der Waals surface area (Å²) in [5, 5.41) is 19.7. The van der Waals surface area contributed by atoms with Gasteiger partial charge < -0.3 is 20.3 Å². The Morgan fingerprint density at radius 1 is 1.32 bits per heavy atom. The number of likely N-dealkylation sites (tertiary alicyclic amines) is 1. The third-order valence-corrected chi connectivity index (χ3v) is 6.22. The van der Waals surface area contributed by atoms with Gasteiger partial charge >= 0.3 is 0 Å². The summed E-state index contributed by atoms with van der Waals surface area (Å²) in [4.78, 5) is 27.1. The minimum Gasteiger partial charge on any atom is -0.371 e. The van der Waals surface area contributed by atoms with Gasteiger partial charge in [-0.3, -0.25) is 4.79 Å². The second kappa shape index (κ2) is 9.42. The number of benzene rings is 1. The number of aliphatic hydroxyl groups is 1. The van der Waals surface area contributed by atoms with Gasteiger partial charge in [-0.1, -0.05) is 28.6 Å². The number of amides is 1. The number of anilines is 1. The molecule has 0 spiro atoms. The van der Waals surface area contributed by atoms with Gasteiger partial charge in [-0.15, -0.1) is 0 Å². The Morgan fingerprint density at radius 3 is 2.78 bits per heavy atom. The number of nitrogens with zero attached hydrogens (tertiary/aromatic N) is 7. The molecule has 1 unspecified atom stereocenters. The average Bonchev–Trinajstić information content (AvgIpc) is 3.48. The Hall–Kier alpha value is -4.08. The van der Waals surface area contributed by atoms with Gasteiger partial charge in [-0.2, -0.15) is 15.1 Å². The van der Waals surface area contributed by atoms with Crippen molar-refractivity contribution in [2.75, 3.05) is 18.8 Å². The van der Waals surface area contributed by atoms with Crippen molar-refractivity contribution < 1.29 is 18.8 Å². The molecule has 4 aromatic rings. The van der Waals surface area contributed by atoms with Gasteiger partial charge in [0, 0.05) is 31.0 Å². The Bertz CT molecular complexity index is 1560.